The minimum atomic E-state index is -4.49. The third kappa shape index (κ3) is 7.85. The number of carbonyl (C=O) groups excluding carboxylic acids is 1. The molecule has 0 saturated heterocycles. The highest BCUT2D eigenvalue weighted by Gasteiger charge is 2.30. The SMILES string of the molecule is CCCN(CC(=O)O)CC(=O)Nc1cccc(C(F)(F)F)c1.Cl. The van der Waals surface area contributed by atoms with Crippen LogP contribution in [0.4, 0.5) is 18.9 Å². The summed E-state index contributed by atoms with van der Waals surface area (Å²) < 4.78 is 37.7. The van der Waals surface area contributed by atoms with E-state index in [4.69, 9.17) is 5.11 Å². The first-order chi connectivity index (χ1) is 10.2. The summed E-state index contributed by atoms with van der Waals surface area (Å²) in [5.41, 5.74) is -0.840. The lowest BCUT2D eigenvalue weighted by molar-refractivity contribution is -0.139. The van der Waals surface area contributed by atoms with E-state index in [1.165, 1.54) is 17.0 Å². The lowest BCUT2D eigenvalue weighted by Crippen LogP contribution is -2.37. The normalized spacial score (nSPS) is 11.0. The zero-order valence-corrected chi connectivity index (χ0v) is 13.2. The Kier molecular flexibility index (Phi) is 8.63. The molecule has 0 heterocycles. The minimum Gasteiger partial charge on any atom is -0.480 e. The van der Waals surface area contributed by atoms with Gasteiger partial charge in [0.15, 0.2) is 0 Å². The molecule has 0 bridgehead atoms. The lowest BCUT2D eigenvalue weighted by Gasteiger charge is -2.19. The van der Waals surface area contributed by atoms with E-state index in [0.29, 0.717) is 13.0 Å². The standard InChI is InChI=1S/C14H17F3N2O3.ClH/c1-2-6-19(9-13(21)22)8-12(20)18-11-5-3-4-10(7-11)14(15,16)17;/h3-5,7H,2,6,8-9H2,1H3,(H,18,20)(H,21,22);1H. The molecule has 1 amide bonds. The van der Waals surface area contributed by atoms with Crippen molar-refractivity contribution >= 4 is 30.0 Å². The Labute approximate surface area is 137 Å². The highest BCUT2D eigenvalue weighted by Crippen LogP contribution is 2.30. The molecular weight excluding hydrogens is 337 g/mol. The van der Waals surface area contributed by atoms with E-state index in [1.54, 1.807) is 0 Å². The molecule has 0 saturated carbocycles. The summed E-state index contributed by atoms with van der Waals surface area (Å²) in [5.74, 6) is -1.63. The molecule has 0 atom stereocenters. The molecule has 9 heteroatoms. The summed E-state index contributed by atoms with van der Waals surface area (Å²) in [6, 6.07) is 4.27. The summed E-state index contributed by atoms with van der Waals surface area (Å²) in [6.07, 6.45) is -3.83. The number of carboxylic acids is 1. The number of halogens is 4. The van der Waals surface area contributed by atoms with Crippen molar-refractivity contribution in [3.63, 3.8) is 0 Å². The number of rotatable bonds is 7. The van der Waals surface area contributed by atoms with Gasteiger partial charge in [-0.15, -0.1) is 12.4 Å². The molecule has 0 aromatic heterocycles. The van der Waals surface area contributed by atoms with Gasteiger partial charge < -0.3 is 10.4 Å². The van der Waals surface area contributed by atoms with Gasteiger partial charge in [-0.2, -0.15) is 13.2 Å². The van der Waals surface area contributed by atoms with Crippen molar-refractivity contribution in [2.45, 2.75) is 19.5 Å². The van der Waals surface area contributed by atoms with Crippen LogP contribution in [0.3, 0.4) is 0 Å². The average Bonchev–Trinajstić information content (AvgIpc) is 2.37. The largest absolute Gasteiger partial charge is 0.480 e. The zero-order chi connectivity index (χ0) is 16.8. The number of hydrogen-bond donors (Lipinski definition) is 2. The molecule has 1 rings (SSSR count). The number of carboxylic acid groups (broad SMARTS) is 1. The summed E-state index contributed by atoms with van der Waals surface area (Å²) in [7, 11) is 0. The smallest absolute Gasteiger partial charge is 0.416 e. The Morgan fingerprint density at radius 3 is 2.43 bits per heavy atom. The van der Waals surface area contributed by atoms with Crippen molar-refractivity contribution < 1.29 is 27.9 Å². The molecule has 0 radical (unpaired) electrons. The number of hydrogen-bond acceptors (Lipinski definition) is 3. The highest BCUT2D eigenvalue weighted by atomic mass is 35.5. The number of nitrogens with one attached hydrogen (secondary N) is 1. The quantitative estimate of drug-likeness (QED) is 0.790. The first-order valence-electron chi connectivity index (χ1n) is 6.63. The summed E-state index contributed by atoms with van der Waals surface area (Å²) in [4.78, 5) is 23.9. The van der Waals surface area contributed by atoms with Crippen molar-refractivity contribution in [2.75, 3.05) is 25.0 Å². The van der Waals surface area contributed by atoms with Crippen LogP contribution in [-0.4, -0.2) is 41.5 Å². The topological polar surface area (TPSA) is 69.6 Å². The van der Waals surface area contributed by atoms with Crippen LogP contribution < -0.4 is 5.32 Å². The average molecular weight is 355 g/mol. The number of nitrogens with zero attached hydrogens (tertiary/aromatic N) is 1. The predicted octanol–water partition coefficient (Wildman–Crippen LogP) is 2.86. The molecule has 0 aliphatic carbocycles. The highest BCUT2D eigenvalue weighted by molar-refractivity contribution is 5.92. The Hall–Kier alpha value is -1.80. The fourth-order valence-corrected chi connectivity index (χ4v) is 1.90. The molecule has 1 aromatic rings. The molecule has 5 nitrogen and oxygen atoms in total. The minimum absolute atomic E-state index is 0. The van der Waals surface area contributed by atoms with Gasteiger partial charge in [-0.05, 0) is 31.2 Å². The van der Waals surface area contributed by atoms with Gasteiger partial charge in [0.25, 0.3) is 0 Å². The van der Waals surface area contributed by atoms with Gasteiger partial charge in [-0.25, -0.2) is 0 Å². The summed E-state index contributed by atoms with van der Waals surface area (Å²) in [5, 5.41) is 11.1. The van der Waals surface area contributed by atoms with Gasteiger partial charge in [0.05, 0.1) is 18.7 Å². The van der Waals surface area contributed by atoms with E-state index in [1.807, 2.05) is 6.92 Å². The van der Waals surface area contributed by atoms with Crippen LogP contribution in [0.5, 0.6) is 0 Å². The molecule has 1 aromatic carbocycles. The Bertz CT molecular complexity index is 538. The Morgan fingerprint density at radius 1 is 1.26 bits per heavy atom. The van der Waals surface area contributed by atoms with Crippen molar-refractivity contribution in [3.05, 3.63) is 29.8 Å². The summed E-state index contributed by atoms with van der Waals surface area (Å²) >= 11 is 0. The molecule has 0 spiro atoms. The molecule has 0 unspecified atom stereocenters. The van der Waals surface area contributed by atoms with E-state index >= 15 is 0 Å². The lowest BCUT2D eigenvalue weighted by atomic mass is 10.2. The van der Waals surface area contributed by atoms with Crippen molar-refractivity contribution in [3.8, 4) is 0 Å². The molecule has 23 heavy (non-hydrogen) atoms. The zero-order valence-electron chi connectivity index (χ0n) is 12.4. The fourth-order valence-electron chi connectivity index (χ4n) is 1.90. The van der Waals surface area contributed by atoms with Crippen LogP contribution in [0.25, 0.3) is 0 Å². The van der Waals surface area contributed by atoms with Gasteiger partial charge in [0.2, 0.25) is 5.91 Å². The third-order valence-corrected chi connectivity index (χ3v) is 2.74. The van der Waals surface area contributed by atoms with Crippen LogP contribution in [-0.2, 0) is 15.8 Å². The van der Waals surface area contributed by atoms with E-state index in [0.717, 1.165) is 12.1 Å². The van der Waals surface area contributed by atoms with Crippen LogP contribution in [0, 0.1) is 0 Å². The molecule has 0 aliphatic rings. The number of aliphatic carboxylic acids is 1. The number of alkyl halides is 3. The predicted molar refractivity (Wildman–Crippen MR) is 81.7 cm³/mol. The Balaban J connectivity index is 0.00000484. The number of anilines is 1. The molecule has 2 N–H and O–H groups in total. The van der Waals surface area contributed by atoms with Crippen LogP contribution in [0.15, 0.2) is 24.3 Å². The van der Waals surface area contributed by atoms with E-state index in [2.05, 4.69) is 5.32 Å². The van der Waals surface area contributed by atoms with Crippen LogP contribution in [0.1, 0.15) is 18.9 Å². The van der Waals surface area contributed by atoms with Gasteiger partial charge in [-0.1, -0.05) is 13.0 Å². The second-order valence-corrected chi connectivity index (χ2v) is 4.73. The Morgan fingerprint density at radius 2 is 1.91 bits per heavy atom. The number of carbonyl (C=O) groups is 2. The van der Waals surface area contributed by atoms with Crippen molar-refractivity contribution in [1.29, 1.82) is 0 Å². The van der Waals surface area contributed by atoms with Crippen LogP contribution in [0.2, 0.25) is 0 Å². The van der Waals surface area contributed by atoms with Gasteiger partial charge in [0.1, 0.15) is 0 Å². The first kappa shape index (κ1) is 21.2. The summed E-state index contributed by atoms with van der Waals surface area (Å²) in [6.45, 7) is 1.74. The number of benzene rings is 1. The van der Waals surface area contributed by atoms with E-state index in [9.17, 15) is 22.8 Å². The third-order valence-electron chi connectivity index (χ3n) is 2.74. The maximum atomic E-state index is 12.6. The molecule has 130 valence electrons. The second kappa shape index (κ2) is 9.36. The first-order valence-corrected chi connectivity index (χ1v) is 6.63. The number of amides is 1. The van der Waals surface area contributed by atoms with E-state index < -0.39 is 23.6 Å². The van der Waals surface area contributed by atoms with Crippen molar-refractivity contribution in [1.82, 2.24) is 4.90 Å². The second-order valence-electron chi connectivity index (χ2n) is 4.73. The molecule has 0 fully saturated rings. The fraction of sp³-hybridized carbons (Fsp3) is 0.429. The van der Waals surface area contributed by atoms with E-state index in [-0.39, 0.29) is 31.2 Å². The maximum absolute atomic E-state index is 12.6. The van der Waals surface area contributed by atoms with Gasteiger partial charge >= 0.3 is 12.1 Å². The van der Waals surface area contributed by atoms with Crippen molar-refractivity contribution in [2.24, 2.45) is 0 Å². The molecular formula is C14H18ClF3N2O3. The van der Waals surface area contributed by atoms with Crippen LogP contribution >= 0.6 is 12.4 Å². The van der Waals surface area contributed by atoms with Gasteiger partial charge in [0, 0.05) is 5.69 Å². The maximum Gasteiger partial charge on any atom is 0.416 e. The molecule has 0 aliphatic heterocycles. The monoisotopic (exact) mass is 354 g/mol. The van der Waals surface area contributed by atoms with Gasteiger partial charge in [-0.3, -0.25) is 14.5 Å².